The largest absolute Gasteiger partial charge is 0.481 e. The van der Waals surface area contributed by atoms with E-state index in [0.29, 0.717) is 5.75 Å². The maximum absolute atomic E-state index is 12.1. The summed E-state index contributed by atoms with van der Waals surface area (Å²) in [4.78, 5) is 21.2. The first kappa shape index (κ1) is 17.9. The highest BCUT2D eigenvalue weighted by molar-refractivity contribution is 5.81. The molecular formula is C21H23N3O2. The number of benzene rings is 2. The highest BCUT2D eigenvalue weighted by atomic mass is 16.5. The van der Waals surface area contributed by atoms with Crippen LogP contribution in [0, 0.1) is 0 Å². The zero-order valence-electron chi connectivity index (χ0n) is 15.5. The van der Waals surface area contributed by atoms with E-state index in [1.807, 2.05) is 69.3 Å². The first-order valence-corrected chi connectivity index (χ1v) is 8.63. The van der Waals surface area contributed by atoms with E-state index in [0.717, 1.165) is 22.3 Å². The van der Waals surface area contributed by atoms with Gasteiger partial charge in [0.15, 0.2) is 6.10 Å². The number of carbonyl (C=O) groups is 1. The Hall–Kier alpha value is -2.95. The predicted molar refractivity (Wildman–Crippen MR) is 103 cm³/mol. The standard InChI is InChI=1S/C21H23N3O2/c1-14(20(25)24-21(2,3)4)26-16-11-9-15(10-12-16)19-13-22-17-7-5-6-8-18(17)23-19/h5-14H,1-4H3,(H,24,25). The van der Waals surface area contributed by atoms with Crippen LogP contribution in [0.2, 0.25) is 0 Å². The van der Waals surface area contributed by atoms with Gasteiger partial charge in [0.2, 0.25) is 0 Å². The number of carbonyl (C=O) groups excluding carboxylic acids is 1. The lowest BCUT2D eigenvalue weighted by molar-refractivity contribution is -0.128. The van der Waals surface area contributed by atoms with Gasteiger partial charge in [-0.25, -0.2) is 4.98 Å². The molecular weight excluding hydrogens is 326 g/mol. The number of nitrogens with zero attached hydrogens (tertiary/aromatic N) is 2. The third-order valence-corrected chi connectivity index (χ3v) is 3.78. The first-order valence-electron chi connectivity index (χ1n) is 8.63. The summed E-state index contributed by atoms with van der Waals surface area (Å²) in [6.45, 7) is 7.56. The van der Waals surface area contributed by atoms with Crippen LogP contribution in [0.4, 0.5) is 0 Å². The van der Waals surface area contributed by atoms with Crippen molar-refractivity contribution in [3.05, 3.63) is 54.7 Å². The normalized spacial score (nSPS) is 12.6. The minimum Gasteiger partial charge on any atom is -0.481 e. The summed E-state index contributed by atoms with van der Waals surface area (Å²) in [6, 6.07) is 15.3. The Labute approximate surface area is 153 Å². The third-order valence-electron chi connectivity index (χ3n) is 3.78. The Morgan fingerprint density at radius 2 is 1.69 bits per heavy atom. The van der Waals surface area contributed by atoms with Crippen molar-refractivity contribution in [2.75, 3.05) is 0 Å². The van der Waals surface area contributed by atoms with Crippen molar-refractivity contribution in [1.82, 2.24) is 15.3 Å². The van der Waals surface area contributed by atoms with Gasteiger partial charge in [0.25, 0.3) is 5.91 Å². The Morgan fingerprint density at radius 3 is 2.35 bits per heavy atom. The Morgan fingerprint density at radius 1 is 1.04 bits per heavy atom. The van der Waals surface area contributed by atoms with Crippen molar-refractivity contribution in [3.63, 3.8) is 0 Å². The minimum absolute atomic E-state index is 0.137. The molecule has 26 heavy (non-hydrogen) atoms. The van der Waals surface area contributed by atoms with E-state index < -0.39 is 6.10 Å². The van der Waals surface area contributed by atoms with Gasteiger partial charge in [-0.3, -0.25) is 9.78 Å². The molecule has 1 amide bonds. The van der Waals surface area contributed by atoms with Crippen molar-refractivity contribution in [3.8, 4) is 17.0 Å². The lowest BCUT2D eigenvalue weighted by Crippen LogP contribution is -2.46. The molecule has 0 bridgehead atoms. The van der Waals surface area contributed by atoms with Crippen molar-refractivity contribution >= 4 is 16.9 Å². The average Bonchev–Trinajstić information content (AvgIpc) is 2.60. The van der Waals surface area contributed by atoms with E-state index in [9.17, 15) is 4.79 Å². The van der Waals surface area contributed by atoms with Gasteiger partial charge >= 0.3 is 0 Å². The summed E-state index contributed by atoms with van der Waals surface area (Å²) in [5.74, 6) is 0.501. The number of hydrogen-bond donors (Lipinski definition) is 1. The summed E-state index contributed by atoms with van der Waals surface area (Å²) in [5, 5.41) is 2.91. The molecule has 0 fully saturated rings. The van der Waals surface area contributed by atoms with Crippen LogP contribution in [0.5, 0.6) is 5.75 Å². The zero-order valence-corrected chi connectivity index (χ0v) is 15.5. The van der Waals surface area contributed by atoms with Gasteiger partial charge in [-0.05, 0) is 64.1 Å². The monoisotopic (exact) mass is 349 g/mol. The highest BCUT2D eigenvalue weighted by Gasteiger charge is 2.20. The molecule has 0 aliphatic rings. The molecule has 1 unspecified atom stereocenters. The molecule has 0 saturated heterocycles. The van der Waals surface area contributed by atoms with E-state index in [4.69, 9.17) is 4.74 Å². The molecule has 3 rings (SSSR count). The Bertz CT molecular complexity index is 914. The molecule has 134 valence electrons. The molecule has 1 atom stereocenters. The molecule has 5 heteroatoms. The number of hydrogen-bond acceptors (Lipinski definition) is 4. The van der Waals surface area contributed by atoms with Crippen molar-refractivity contribution in [2.45, 2.75) is 39.3 Å². The molecule has 0 spiro atoms. The van der Waals surface area contributed by atoms with Gasteiger partial charge in [0.1, 0.15) is 5.75 Å². The lowest BCUT2D eigenvalue weighted by Gasteiger charge is -2.23. The molecule has 0 saturated carbocycles. The lowest BCUT2D eigenvalue weighted by atomic mass is 10.1. The fraction of sp³-hybridized carbons (Fsp3) is 0.286. The Balaban J connectivity index is 1.72. The van der Waals surface area contributed by atoms with E-state index in [1.165, 1.54) is 0 Å². The van der Waals surface area contributed by atoms with Crippen LogP contribution in [-0.2, 0) is 4.79 Å². The third kappa shape index (κ3) is 4.36. The van der Waals surface area contributed by atoms with Crippen molar-refractivity contribution in [1.29, 1.82) is 0 Å². The maximum atomic E-state index is 12.1. The van der Waals surface area contributed by atoms with Crippen molar-refractivity contribution < 1.29 is 9.53 Å². The topological polar surface area (TPSA) is 64.1 Å². The molecule has 3 aromatic rings. The fourth-order valence-electron chi connectivity index (χ4n) is 2.53. The number of amides is 1. The quantitative estimate of drug-likeness (QED) is 0.774. The molecule has 2 aromatic carbocycles. The molecule has 1 heterocycles. The van der Waals surface area contributed by atoms with Gasteiger partial charge < -0.3 is 10.1 Å². The SMILES string of the molecule is CC(Oc1ccc(-c2cnc3ccccc3n2)cc1)C(=O)NC(C)(C)C. The van der Waals surface area contributed by atoms with Crippen LogP contribution in [-0.4, -0.2) is 27.5 Å². The summed E-state index contributed by atoms with van der Waals surface area (Å²) < 4.78 is 5.74. The summed E-state index contributed by atoms with van der Waals surface area (Å²) in [6.07, 6.45) is 1.19. The van der Waals surface area contributed by atoms with E-state index in [-0.39, 0.29) is 11.4 Å². The molecule has 1 aromatic heterocycles. The molecule has 5 nitrogen and oxygen atoms in total. The molecule has 0 aliphatic carbocycles. The number of ether oxygens (including phenoxy) is 1. The second kappa shape index (κ2) is 7.12. The van der Waals surface area contributed by atoms with Gasteiger partial charge in [0.05, 0.1) is 22.9 Å². The first-order chi connectivity index (χ1) is 12.3. The number of nitrogens with one attached hydrogen (secondary N) is 1. The van der Waals surface area contributed by atoms with Crippen LogP contribution in [0.25, 0.3) is 22.3 Å². The summed E-state index contributed by atoms with van der Waals surface area (Å²) >= 11 is 0. The highest BCUT2D eigenvalue weighted by Crippen LogP contribution is 2.22. The van der Waals surface area contributed by atoms with Crippen LogP contribution < -0.4 is 10.1 Å². The summed E-state index contributed by atoms with van der Waals surface area (Å²) in [5.41, 5.74) is 3.19. The molecule has 0 aliphatic heterocycles. The Kier molecular flexibility index (Phi) is 4.89. The van der Waals surface area contributed by atoms with E-state index >= 15 is 0 Å². The zero-order chi connectivity index (χ0) is 18.7. The van der Waals surface area contributed by atoms with Crippen LogP contribution in [0.15, 0.2) is 54.7 Å². The van der Waals surface area contributed by atoms with Crippen LogP contribution in [0.1, 0.15) is 27.7 Å². The average molecular weight is 349 g/mol. The predicted octanol–water partition coefficient (Wildman–Crippen LogP) is 3.98. The van der Waals surface area contributed by atoms with Crippen molar-refractivity contribution in [2.24, 2.45) is 0 Å². The smallest absolute Gasteiger partial charge is 0.261 e. The second-order valence-electron chi connectivity index (χ2n) is 7.27. The van der Waals surface area contributed by atoms with Gasteiger partial charge in [-0.2, -0.15) is 0 Å². The fourth-order valence-corrected chi connectivity index (χ4v) is 2.53. The molecule has 0 radical (unpaired) electrons. The van der Waals surface area contributed by atoms with E-state index in [2.05, 4.69) is 15.3 Å². The van der Waals surface area contributed by atoms with Crippen LogP contribution in [0.3, 0.4) is 0 Å². The number of aromatic nitrogens is 2. The second-order valence-corrected chi connectivity index (χ2v) is 7.27. The van der Waals surface area contributed by atoms with Gasteiger partial charge in [-0.1, -0.05) is 12.1 Å². The number of para-hydroxylation sites is 2. The maximum Gasteiger partial charge on any atom is 0.261 e. The van der Waals surface area contributed by atoms with E-state index in [1.54, 1.807) is 13.1 Å². The van der Waals surface area contributed by atoms with Crippen LogP contribution >= 0.6 is 0 Å². The number of fused-ring (bicyclic) bond motifs is 1. The number of rotatable bonds is 4. The molecule has 1 N–H and O–H groups in total. The minimum atomic E-state index is -0.569. The summed E-state index contributed by atoms with van der Waals surface area (Å²) in [7, 11) is 0. The van der Waals surface area contributed by atoms with Gasteiger partial charge in [-0.15, -0.1) is 0 Å². The van der Waals surface area contributed by atoms with Gasteiger partial charge in [0, 0.05) is 11.1 Å².